The Morgan fingerprint density at radius 1 is 1.29 bits per heavy atom. The SMILES string of the molecule is NCc1ccc(-n2ncc3c2CNCC3)cc1. The average molecular weight is 228 g/mol. The van der Waals surface area contributed by atoms with Crippen molar-refractivity contribution in [3.05, 3.63) is 47.3 Å². The van der Waals surface area contributed by atoms with Crippen LogP contribution in [0, 0.1) is 0 Å². The number of nitrogens with zero attached hydrogens (tertiary/aromatic N) is 2. The molecule has 3 rings (SSSR count). The molecule has 0 aliphatic carbocycles. The molecule has 1 aromatic carbocycles. The Hall–Kier alpha value is -1.65. The van der Waals surface area contributed by atoms with Crippen LogP contribution in [0.15, 0.2) is 30.5 Å². The van der Waals surface area contributed by atoms with Gasteiger partial charge >= 0.3 is 0 Å². The summed E-state index contributed by atoms with van der Waals surface area (Å²) in [6, 6.07) is 8.26. The van der Waals surface area contributed by atoms with Crippen LogP contribution in [0.1, 0.15) is 16.8 Å². The van der Waals surface area contributed by atoms with E-state index >= 15 is 0 Å². The highest BCUT2D eigenvalue weighted by Gasteiger charge is 2.15. The molecule has 1 aliphatic rings. The van der Waals surface area contributed by atoms with Crippen LogP contribution >= 0.6 is 0 Å². The third kappa shape index (κ3) is 1.85. The van der Waals surface area contributed by atoms with Crippen molar-refractivity contribution in [2.24, 2.45) is 5.73 Å². The maximum Gasteiger partial charge on any atom is 0.0649 e. The van der Waals surface area contributed by atoms with Gasteiger partial charge in [-0.25, -0.2) is 4.68 Å². The van der Waals surface area contributed by atoms with Crippen molar-refractivity contribution in [1.29, 1.82) is 0 Å². The van der Waals surface area contributed by atoms with Crippen LogP contribution in [0.25, 0.3) is 5.69 Å². The molecule has 17 heavy (non-hydrogen) atoms. The lowest BCUT2D eigenvalue weighted by Crippen LogP contribution is -2.24. The van der Waals surface area contributed by atoms with E-state index in [-0.39, 0.29) is 0 Å². The lowest BCUT2D eigenvalue weighted by atomic mass is 10.1. The Kier molecular flexibility index (Phi) is 2.66. The van der Waals surface area contributed by atoms with E-state index in [2.05, 4.69) is 34.7 Å². The number of aromatic nitrogens is 2. The third-order valence-electron chi connectivity index (χ3n) is 3.24. The number of rotatable bonds is 2. The first-order valence-corrected chi connectivity index (χ1v) is 5.94. The largest absolute Gasteiger partial charge is 0.326 e. The zero-order valence-corrected chi connectivity index (χ0v) is 9.69. The summed E-state index contributed by atoms with van der Waals surface area (Å²) < 4.78 is 2.02. The minimum absolute atomic E-state index is 0.582. The highest BCUT2D eigenvalue weighted by molar-refractivity contribution is 5.37. The first-order valence-electron chi connectivity index (χ1n) is 5.94. The molecule has 0 radical (unpaired) electrons. The molecule has 1 aromatic heterocycles. The van der Waals surface area contributed by atoms with E-state index in [4.69, 9.17) is 5.73 Å². The van der Waals surface area contributed by atoms with E-state index < -0.39 is 0 Å². The van der Waals surface area contributed by atoms with E-state index in [1.807, 2.05) is 10.9 Å². The summed E-state index contributed by atoms with van der Waals surface area (Å²) in [5.74, 6) is 0. The van der Waals surface area contributed by atoms with Crippen LogP contribution in [0.5, 0.6) is 0 Å². The van der Waals surface area contributed by atoms with Gasteiger partial charge in [-0.05, 0) is 36.2 Å². The van der Waals surface area contributed by atoms with Crippen LogP contribution < -0.4 is 11.1 Å². The van der Waals surface area contributed by atoms with E-state index in [1.54, 1.807) is 0 Å². The molecule has 0 atom stereocenters. The molecule has 0 unspecified atom stereocenters. The van der Waals surface area contributed by atoms with Gasteiger partial charge in [0.1, 0.15) is 0 Å². The van der Waals surface area contributed by atoms with Crippen molar-refractivity contribution >= 4 is 0 Å². The van der Waals surface area contributed by atoms with Crippen LogP contribution in [0.3, 0.4) is 0 Å². The Labute approximate surface area is 100 Å². The minimum atomic E-state index is 0.582. The number of hydrogen-bond donors (Lipinski definition) is 2. The second kappa shape index (κ2) is 4.31. The maximum atomic E-state index is 5.60. The predicted molar refractivity (Wildman–Crippen MR) is 66.9 cm³/mol. The molecule has 0 spiro atoms. The molecule has 0 amide bonds. The standard InChI is InChI=1S/C13H16N4/c14-7-10-1-3-12(4-2-10)17-13-9-15-6-5-11(13)8-16-17/h1-4,8,15H,5-7,9,14H2. The zero-order chi connectivity index (χ0) is 11.7. The Morgan fingerprint density at radius 3 is 2.88 bits per heavy atom. The monoisotopic (exact) mass is 228 g/mol. The Bertz CT molecular complexity index is 513. The summed E-state index contributed by atoms with van der Waals surface area (Å²) in [6.07, 6.45) is 3.04. The Balaban J connectivity index is 2.00. The first-order chi connectivity index (χ1) is 8.38. The van der Waals surface area contributed by atoms with Crippen molar-refractivity contribution in [2.45, 2.75) is 19.5 Å². The second-order valence-electron chi connectivity index (χ2n) is 4.33. The highest BCUT2D eigenvalue weighted by atomic mass is 15.3. The van der Waals surface area contributed by atoms with Crippen LogP contribution in [-0.2, 0) is 19.5 Å². The van der Waals surface area contributed by atoms with E-state index in [1.165, 1.54) is 11.3 Å². The van der Waals surface area contributed by atoms with Gasteiger partial charge in [0.05, 0.1) is 17.6 Å². The quantitative estimate of drug-likeness (QED) is 0.805. The van der Waals surface area contributed by atoms with Gasteiger partial charge in [-0.1, -0.05) is 12.1 Å². The van der Waals surface area contributed by atoms with Gasteiger partial charge in [-0.2, -0.15) is 5.10 Å². The normalized spacial score (nSPS) is 14.6. The molecule has 4 nitrogen and oxygen atoms in total. The van der Waals surface area contributed by atoms with Gasteiger partial charge in [0.25, 0.3) is 0 Å². The van der Waals surface area contributed by atoms with Gasteiger partial charge in [-0.15, -0.1) is 0 Å². The number of benzene rings is 1. The molecule has 2 aromatic rings. The van der Waals surface area contributed by atoms with Gasteiger partial charge in [0, 0.05) is 13.1 Å². The topological polar surface area (TPSA) is 55.9 Å². The van der Waals surface area contributed by atoms with Gasteiger partial charge in [0.15, 0.2) is 0 Å². The van der Waals surface area contributed by atoms with Crippen LogP contribution in [0.4, 0.5) is 0 Å². The predicted octanol–water partition coefficient (Wildman–Crippen LogP) is 0.977. The number of fused-ring (bicyclic) bond motifs is 1. The van der Waals surface area contributed by atoms with Gasteiger partial charge in [0.2, 0.25) is 0 Å². The number of nitrogens with one attached hydrogen (secondary N) is 1. The molecule has 0 fully saturated rings. The van der Waals surface area contributed by atoms with Crippen molar-refractivity contribution in [1.82, 2.24) is 15.1 Å². The number of hydrogen-bond acceptors (Lipinski definition) is 3. The first kappa shape index (κ1) is 10.5. The summed E-state index contributed by atoms with van der Waals surface area (Å²) in [5.41, 5.74) is 10.5. The zero-order valence-electron chi connectivity index (χ0n) is 9.69. The molecule has 4 heteroatoms. The van der Waals surface area contributed by atoms with Crippen LogP contribution in [0.2, 0.25) is 0 Å². The summed E-state index contributed by atoms with van der Waals surface area (Å²) in [4.78, 5) is 0. The molecule has 1 aliphatic heterocycles. The van der Waals surface area contributed by atoms with Crippen molar-refractivity contribution in [3.63, 3.8) is 0 Å². The number of nitrogens with two attached hydrogens (primary N) is 1. The lowest BCUT2D eigenvalue weighted by Gasteiger charge is -2.15. The average Bonchev–Trinajstić information content (AvgIpc) is 2.83. The summed E-state index contributed by atoms with van der Waals surface area (Å²) >= 11 is 0. The minimum Gasteiger partial charge on any atom is -0.326 e. The fourth-order valence-electron chi connectivity index (χ4n) is 2.23. The maximum absolute atomic E-state index is 5.60. The summed E-state index contributed by atoms with van der Waals surface area (Å²) in [5, 5.41) is 7.85. The van der Waals surface area contributed by atoms with E-state index in [0.717, 1.165) is 30.8 Å². The van der Waals surface area contributed by atoms with E-state index in [9.17, 15) is 0 Å². The second-order valence-corrected chi connectivity index (χ2v) is 4.33. The molecular weight excluding hydrogens is 212 g/mol. The summed E-state index contributed by atoms with van der Waals surface area (Å²) in [7, 11) is 0. The summed E-state index contributed by atoms with van der Waals surface area (Å²) in [6.45, 7) is 2.53. The fraction of sp³-hybridized carbons (Fsp3) is 0.308. The third-order valence-corrected chi connectivity index (χ3v) is 3.24. The highest BCUT2D eigenvalue weighted by Crippen LogP contribution is 2.18. The van der Waals surface area contributed by atoms with Crippen LogP contribution in [-0.4, -0.2) is 16.3 Å². The molecule has 0 bridgehead atoms. The van der Waals surface area contributed by atoms with Gasteiger partial charge < -0.3 is 11.1 Å². The van der Waals surface area contributed by atoms with Crippen molar-refractivity contribution in [2.75, 3.05) is 6.54 Å². The van der Waals surface area contributed by atoms with E-state index in [0.29, 0.717) is 6.54 Å². The molecule has 88 valence electrons. The molecule has 2 heterocycles. The Morgan fingerprint density at radius 2 is 2.12 bits per heavy atom. The lowest BCUT2D eigenvalue weighted by molar-refractivity contribution is 0.614. The molecule has 3 N–H and O–H groups in total. The molecular formula is C13H16N4. The van der Waals surface area contributed by atoms with Crippen molar-refractivity contribution in [3.8, 4) is 5.69 Å². The molecule has 0 saturated carbocycles. The van der Waals surface area contributed by atoms with Gasteiger partial charge in [-0.3, -0.25) is 0 Å². The smallest absolute Gasteiger partial charge is 0.0649 e. The fourth-order valence-corrected chi connectivity index (χ4v) is 2.23. The molecule has 0 saturated heterocycles. The van der Waals surface area contributed by atoms with Crippen molar-refractivity contribution < 1.29 is 0 Å².